The SMILES string of the molecule is CCCNc1nc(-c2ncc(Cl)cc2Cl)nc(C)c1CC. The van der Waals surface area contributed by atoms with Crippen molar-refractivity contribution in [1.82, 2.24) is 15.0 Å². The van der Waals surface area contributed by atoms with Crippen molar-refractivity contribution in [2.24, 2.45) is 0 Å². The lowest BCUT2D eigenvalue weighted by molar-refractivity contribution is 0.936. The first-order valence-corrected chi connectivity index (χ1v) is 7.75. The van der Waals surface area contributed by atoms with E-state index in [0.717, 1.165) is 36.5 Å². The Morgan fingerprint density at radius 1 is 1.19 bits per heavy atom. The normalized spacial score (nSPS) is 10.7. The van der Waals surface area contributed by atoms with Crippen LogP contribution in [0.1, 0.15) is 31.5 Å². The van der Waals surface area contributed by atoms with Gasteiger partial charge in [-0.3, -0.25) is 0 Å². The molecule has 0 atom stereocenters. The number of pyridine rings is 1. The van der Waals surface area contributed by atoms with Crippen LogP contribution >= 0.6 is 23.2 Å². The fourth-order valence-electron chi connectivity index (χ4n) is 2.09. The number of aromatic nitrogens is 3. The molecule has 0 radical (unpaired) electrons. The molecule has 0 unspecified atom stereocenters. The molecule has 0 saturated carbocycles. The van der Waals surface area contributed by atoms with Crippen LogP contribution in [-0.4, -0.2) is 21.5 Å². The topological polar surface area (TPSA) is 50.7 Å². The van der Waals surface area contributed by atoms with Crippen molar-refractivity contribution in [3.63, 3.8) is 0 Å². The van der Waals surface area contributed by atoms with Gasteiger partial charge in [0.2, 0.25) is 0 Å². The summed E-state index contributed by atoms with van der Waals surface area (Å²) in [7, 11) is 0. The Morgan fingerprint density at radius 3 is 2.57 bits per heavy atom. The van der Waals surface area contributed by atoms with E-state index in [1.807, 2.05) is 6.92 Å². The van der Waals surface area contributed by atoms with Crippen LogP contribution in [0.15, 0.2) is 12.3 Å². The minimum Gasteiger partial charge on any atom is -0.370 e. The quantitative estimate of drug-likeness (QED) is 0.877. The van der Waals surface area contributed by atoms with Crippen molar-refractivity contribution in [1.29, 1.82) is 0 Å². The van der Waals surface area contributed by atoms with E-state index in [9.17, 15) is 0 Å². The molecular weight excluding hydrogens is 307 g/mol. The summed E-state index contributed by atoms with van der Waals surface area (Å²) in [5.74, 6) is 1.37. The zero-order chi connectivity index (χ0) is 15.4. The zero-order valence-electron chi connectivity index (χ0n) is 12.4. The number of nitrogens with zero attached hydrogens (tertiary/aromatic N) is 3. The van der Waals surface area contributed by atoms with Crippen LogP contribution in [0.3, 0.4) is 0 Å². The Bertz CT molecular complexity index is 644. The molecule has 0 aliphatic carbocycles. The lowest BCUT2D eigenvalue weighted by atomic mass is 10.1. The highest BCUT2D eigenvalue weighted by molar-refractivity contribution is 6.35. The molecule has 0 amide bonds. The Morgan fingerprint density at radius 2 is 1.95 bits per heavy atom. The number of hydrogen-bond donors (Lipinski definition) is 1. The van der Waals surface area contributed by atoms with Gasteiger partial charge in [-0.25, -0.2) is 15.0 Å². The highest BCUT2D eigenvalue weighted by atomic mass is 35.5. The molecule has 21 heavy (non-hydrogen) atoms. The molecular formula is C15H18Cl2N4. The molecule has 0 aliphatic rings. The number of nitrogens with one attached hydrogen (secondary N) is 1. The van der Waals surface area contributed by atoms with Crippen LogP contribution in [0.5, 0.6) is 0 Å². The van der Waals surface area contributed by atoms with Crippen molar-refractivity contribution in [3.05, 3.63) is 33.6 Å². The molecule has 0 spiro atoms. The standard InChI is InChI=1S/C15H18Cl2N4/c1-4-6-18-14-11(5-2)9(3)20-15(21-14)13-12(17)7-10(16)8-19-13/h7-8H,4-6H2,1-3H3,(H,18,20,21). The molecule has 0 saturated heterocycles. The molecule has 112 valence electrons. The maximum absolute atomic E-state index is 6.20. The second-order valence-electron chi connectivity index (χ2n) is 4.72. The number of rotatable bonds is 5. The minimum absolute atomic E-state index is 0.451. The van der Waals surface area contributed by atoms with Gasteiger partial charge >= 0.3 is 0 Å². The van der Waals surface area contributed by atoms with E-state index < -0.39 is 0 Å². The predicted molar refractivity (Wildman–Crippen MR) is 88.2 cm³/mol. The van der Waals surface area contributed by atoms with Crippen LogP contribution in [0.25, 0.3) is 11.5 Å². The Labute approximate surface area is 134 Å². The van der Waals surface area contributed by atoms with Gasteiger partial charge in [-0.2, -0.15) is 0 Å². The van der Waals surface area contributed by atoms with E-state index in [0.29, 0.717) is 21.6 Å². The monoisotopic (exact) mass is 324 g/mol. The van der Waals surface area contributed by atoms with Crippen molar-refractivity contribution >= 4 is 29.0 Å². The molecule has 4 nitrogen and oxygen atoms in total. The number of halogens is 2. The fraction of sp³-hybridized carbons (Fsp3) is 0.400. The van der Waals surface area contributed by atoms with Crippen molar-refractivity contribution < 1.29 is 0 Å². The van der Waals surface area contributed by atoms with Gasteiger partial charge in [-0.05, 0) is 25.8 Å². The van der Waals surface area contributed by atoms with E-state index in [4.69, 9.17) is 23.2 Å². The third kappa shape index (κ3) is 3.63. The minimum atomic E-state index is 0.451. The fourth-order valence-corrected chi connectivity index (χ4v) is 2.56. The van der Waals surface area contributed by atoms with Crippen LogP contribution in [0.4, 0.5) is 5.82 Å². The van der Waals surface area contributed by atoms with Crippen molar-refractivity contribution in [3.8, 4) is 11.5 Å². The van der Waals surface area contributed by atoms with E-state index in [-0.39, 0.29) is 0 Å². The first-order chi connectivity index (χ1) is 10.1. The molecule has 0 aromatic carbocycles. The smallest absolute Gasteiger partial charge is 0.181 e. The predicted octanol–water partition coefficient (Wildman–Crippen LogP) is 4.54. The van der Waals surface area contributed by atoms with Gasteiger partial charge in [0.05, 0.1) is 10.0 Å². The number of hydrogen-bond acceptors (Lipinski definition) is 4. The second-order valence-corrected chi connectivity index (χ2v) is 5.57. The summed E-state index contributed by atoms with van der Waals surface area (Å²) >= 11 is 12.1. The van der Waals surface area contributed by atoms with Crippen LogP contribution in [0, 0.1) is 6.92 Å². The number of aryl methyl sites for hydroxylation is 1. The van der Waals surface area contributed by atoms with E-state index in [1.54, 1.807) is 12.3 Å². The Hall–Kier alpha value is -1.39. The van der Waals surface area contributed by atoms with Gasteiger partial charge in [0.15, 0.2) is 5.82 Å². The van der Waals surface area contributed by atoms with E-state index >= 15 is 0 Å². The highest BCUT2D eigenvalue weighted by Crippen LogP contribution is 2.28. The molecule has 6 heteroatoms. The summed E-state index contributed by atoms with van der Waals surface area (Å²) < 4.78 is 0. The number of anilines is 1. The molecule has 1 N–H and O–H groups in total. The Kier molecular flexibility index (Phi) is 5.37. The van der Waals surface area contributed by atoms with Gasteiger partial charge in [0, 0.05) is 24.0 Å². The van der Waals surface area contributed by atoms with Gasteiger partial charge < -0.3 is 5.32 Å². The van der Waals surface area contributed by atoms with E-state index in [1.165, 1.54) is 0 Å². The third-order valence-corrected chi connectivity index (χ3v) is 3.62. The van der Waals surface area contributed by atoms with Gasteiger partial charge in [0.25, 0.3) is 0 Å². The van der Waals surface area contributed by atoms with Crippen molar-refractivity contribution in [2.75, 3.05) is 11.9 Å². The second kappa shape index (κ2) is 7.05. The molecule has 2 rings (SSSR count). The average Bonchev–Trinajstić information content (AvgIpc) is 2.44. The summed E-state index contributed by atoms with van der Waals surface area (Å²) in [5.41, 5.74) is 2.61. The third-order valence-electron chi connectivity index (χ3n) is 3.13. The van der Waals surface area contributed by atoms with Crippen LogP contribution in [-0.2, 0) is 6.42 Å². The molecule has 0 bridgehead atoms. The highest BCUT2D eigenvalue weighted by Gasteiger charge is 2.14. The van der Waals surface area contributed by atoms with Gasteiger partial charge in [-0.15, -0.1) is 0 Å². The molecule has 0 fully saturated rings. The van der Waals surface area contributed by atoms with Crippen LogP contribution in [0.2, 0.25) is 10.0 Å². The van der Waals surface area contributed by atoms with Gasteiger partial charge in [0.1, 0.15) is 11.5 Å². The molecule has 2 aromatic heterocycles. The lowest BCUT2D eigenvalue weighted by Gasteiger charge is -2.13. The summed E-state index contributed by atoms with van der Waals surface area (Å²) in [5, 5.41) is 4.29. The summed E-state index contributed by atoms with van der Waals surface area (Å²) in [4.78, 5) is 13.4. The lowest BCUT2D eigenvalue weighted by Crippen LogP contribution is -2.09. The van der Waals surface area contributed by atoms with Gasteiger partial charge in [-0.1, -0.05) is 37.0 Å². The maximum Gasteiger partial charge on any atom is 0.181 e. The first-order valence-electron chi connectivity index (χ1n) is 6.99. The molecule has 2 heterocycles. The maximum atomic E-state index is 6.20. The summed E-state index contributed by atoms with van der Waals surface area (Å²) in [6, 6.07) is 1.65. The molecule has 0 aliphatic heterocycles. The van der Waals surface area contributed by atoms with E-state index in [2.05, 4.69) is 34.1 Å². The van der Waals surface area contributed by atoms with Crippen molar-refractivity contribution in [2.45, 2.75) is 33.6 Å². The average molecular weight is 325 g/mol. The summed E-state index contributed by atoms with van der Waals surface area (Å²) in [6.45, 7) is 7.05. The summed E-state index contributed by atoms with van der Waals surface area (Å²) in [6.07, 6.45) is 3.45. The Balaban J connectivity index is 2.51. The zero-order valence-corrected chi connectivity index (χ0v) is 13.9. The first kappa shape index (κ1) is 16.0. The van der Waals surface area contributed by atoms with Crippen LogP contribution < -0.4 is 5.32 Å². The molecule has 2 aromatic rings. The largest absolute Gasteiger partial charge is 0.370 e.